The SMILES string of the molecule is COc1ccc(C23CCC(CN(C(=O)C4CCCCC4)c4cc(-c5nnc(C(C)C)o5)ccn4)(CC2)CC3)cc1C. The van der Waals surface area contributed by atoms with Gasteiger partial charge in [-0.2, -0.15) is 0 Å². The molecule has 4 fully saturated rings. The molecule has 0 atom stereocenters. The van der Waals surface area contributed by atoms with E-state index in [0.717, 1.165) is 82.1 Å². The van der Waals surface area contributed by atoms with Gasteiger partial charge in [0.2, 0.25) is 17.7 Å². The molecule has 0 spiro atoms. The van der Waals surface area contributed by atoms with Crippen LogP contribution < -0.4 is 9.64 Å². The standard InChI is InChI=1S/C34H44N4O3/c1-23(2)30-36-37-31(41-30)26-12-19-35-29(21-26)38(32(39)25-8-6-5-7-9-25)22-33-13-16-34(17-14-33,18-15-33)27-10-11-28(40-4)24(3)20-27/h10-12,19-21,23,25H,5-9,13-18,22H2,1-4H3. The van der Waals surface area contributed by atoms with Crippen LogP contribution in [-0.4, -0.2) is 34.7 Å². The Hall–Kier alpha value is -3.22. The zero-order valence-corrected chi connectivity index (χ0v) is 25.1. The highest BCUT2D eigenvalue weighted by molar-refractivity contribution is 5.94. The maximum atomic E-state index is 14.2. The van der Waals surface area contributed by atoms with E-state index in [4.69, 9.17) is 14.1 Å². The predicted octanol–water partition coefficient (Wildman–Crippen LogP) is 7.78. The number of hydrogen-bond acceptors (Lipinski definition) is 6. The third-order valence-corrected chi connectivity index (χ3v) is 10.3. The first-order valence-electron chi connectivity index (χ1n) is 15.6. The van der Waals surface area contributed by atoms with Crippen LogP contribution in [0.1, 0.15) is 107 Å². The summed E-state index contributed by atoms with van der Waals surface area (Å²) in [4.78, 5) is 21.0. The van der Waals surface area contributed by atoms with Gasteiger partial charge in [0, 0.05) is 30.1 Å². The molecule has 0 saturated heterocycles. The van der Waals surface area contributed by atoms with Crippen molar-refractivity contribution < 1.29 is 13.9 Å². The van der Waals surface area contributed by atoms with Crippen LogP contribution in [0.4, 0.5) is 5.82 Å². The summed E-state index contributed by atoms with van der Waals surface area (Å²) in [5.74, 6) is 3.25. The third kappa shape index (κ3) is 5.40. The van der Waals surface area contributed by atoms with Gasteiger partial charge in [0.1, 0.15) is 11.6 Å². The van der Waals surface area contributed by atoms with E-state index >= 15 is 0 Å². The number of aryl methyl sites for hydroxylation is 1. The molecule has 2 bridgehead atoms. The summed E-state index contributed by atoms with van der Waals surface area (Å²) in [5, 5.41) is 8.51. The van der Waals surface area contributed by atoms with Crippen molar-refractivity contribution in [3.05, 3.63) is 53.5 Å². The van der Waals surface area contributed by atoms with Crippen molar-refractivity contribution in [2.45, 2.75) is 103 Å². The van der Waals surface area contributed by atoms with Gasteiger partial charge in [0.15, 0.2) is 0 Å². The zero-order valence-electron chi connectivity index (χ0n) is 25.1. The molecule has 41 heavy (non-hydrogen) atoms. The molecule has 7 heteroatoms. The van der Waals surface area contributed by atoms with Crippen LogP contribution in [-0.2, 0) is 10.2 Å². The molecule has 0 unspecified atom stereocenters. The van der Waals surface area contributed by atoms with Gasteiger partial charge in [-0.05, 0) is 98.4 Å². The maximum Gasteiger partial charge on any atom is 0.247 e. The van der Waals surface area contributed by atoms with E-state index in [1.54, 1.807) is 13.3 Å². The van der Waals surface area contributed by atoms with Crippen molar-refractivity contribution in [1.82, 2.24) is 15.2 Å². The number of fused-ring (bicyclic) bond motifs is 3. The summed E-state index contributed by atoms with van der Waals surface area (Å²) in [7, 11) is 1.74. The third-order valence-electron chi connectivity index (χ3n) is 10.3. The first-order valence-corrected chi connectivity index (χ1v) is 15.6. The van der Waals surface area contributed by atoms with E-state index in [9.17, 15) is 4.79 Å². The van der Waals surface area contributed by atoms with Crippen LogP contribution in [0.15, 0.2) is 40.9 Å². The zero-order chi connectivity index (χ0) is 28.6. The molecule has 4 aliphatic carbocycles. The Morgan fingerprint density at radius 3 is 2.39 bits per heavy atom. The first kappa shape index (κ1) is 27.9. The Morgan fingerprint density at radius 1 is 1.02 bits per heavy atom. The molecule has 1 amide bonds. The molecule has 4 aliphatic rings. The average Bonchev–Trinajstić information content (AvgIpc) is 3.52. The lowest BCUT2D eigenvalue weighted by Gasteiger charge is -2.55. The van der Waals surface area contributed by atoms with E-state index < -0.39 is 0 Å². The molecular formula is C34H44N4O3. The molecule has 0 N–H and O–H groups in total. The summed E-state index contributed by atoms with van der Waals surface area (Å²) in [6.07, 6.45) is 14.1. The molecular weight excluding hydrogens is 512 g/mol. The molecule has 1 aromatic carbocycles. The molecule has 2 heterocycles. The molecule has 0 radical (unpaired) electrons. The Kier molecular flexibility index (Phi) is 7.64. The Labute approximate surface area is 244 Å². The van der Waals surface area contributed by atoms with Crippen LogP contribution in [0.25, 0.3) is 11.5 Å². The number of amides is 1. The predicted molar refractivity (Wildman–Crippen MR) is 160 cm³/mol. The van der Waals surface area contributed by atoms with Gasteiger partial charge in [0.05, 0.1) is 7.11 Å². The van der Waals surface area contributed by atoms with Crippen LogP contribution in [0, 0.1) is 18.3 Å². The Morgan fingerprint density at radius 2 is 1.76 bits per heavy atom. The summed E-state index contributed by atoms with van der Waals surface area (Å²) in [6.45, 7) is 6.95. The summed E-state index contributed by atoms with van der Waals surface area (Å²) in [5.41, 5.74) is 3.84. The minimum Gasteiger partial charge on any atom is -0.496 e. The normalized spacial score (nSPS) is 24.5. The van der Waals surface area contributed by atoms with Crippen LogP contribution in [0.5, 0.6) is 5.75 Å². The highest BCUT2D eigenvalue weighted by atomic mass is 16.5. The minimum absolute atomic E-state index is 0.0788. The second-order valence-corrected chi connectivity index (χ2v) is 13.2. The molecule has 7 nitrogen and oxygen atoms in total. The fourth-order valence-electron chi connectivity index (χ4n) is 7.60. The number of nitrogens with zero attached hydrogens (tertiary/aromatic N) is 4. The van der Waals surface area contributed by atoms with Crippen molar-refractivity contribution in [2.24, 2.45) is 11.3 Å². The summed E-state index contributed by atoms with van der Waals surface area (Å²) in [6, 6.07) is 10.6. The second kappa shape index (κ2) is 11.2. The van der Waals surface area contributed by atoms with Gasteiger partial charge in [-0.15, -0.1) is 10.2 Å². The van der Waals surface area contributed by atoms with E-state index in [-0.39, 0.29) is 28.6 Å². The molecule has 0 aliphatic heterocycles. The van der Waals surface area contributed by atoms with Gasteiger partial charge in [-0.25, -0.2) is 4.98 Å². The van der Waals surface area contributed by atoms with Crippen molar-refractivity contribution in [2.75, 3.05) is 18.6 Å². The van der Waals surface area contributed by atoms with E-state index in [2.05, 4.69) is 35.3 Å². The summed E-state index contributed by atoms with van der Waals surface area (Å²) < 4.78 is 11.5. The van der Waals surface area contributed by atoms with Gasteiger partial charge in [-0.3, -0.25) is 9.69 Å². The van der Waals surface area contributed by atoms with Gasteiger partial charge in [-0.1, -0.05) is 45.2 Å². The van der Waals surface area contributed by atoms with E-state index in [0.29, 0.717) is 17.6 Å². The number of methoxy groups -OCH3 is 1. The highest BCUT2D eigenvalue weighted by Gasteiger charge is 2.50. The van der Waals surface area contributed by atoms with Crippen molar-refractivity contribution >= 4 is 11.7 Å². The number of rotatable bonds is 8. The number of aromatic nitrogens is 3. The lowest BCUT2D eigenvalue weighted by atomic mass is 9.51. The Balaban J connectivity index is 1.27. The van der Waals surface area contributed by atoms with Gasteiger partial charge < -0.3 is 9.15 Å². The lowest BCUT2D eigenvalue weighted by molar-refractivity contribution is -0.124. The van der Waals surface area contributed by atoms with Gasteiger partial charge in [0.25, 0.3) is 0 Å². The van der Waals surface area contributed by atoms with Crippen molar-refractivity contribution in [1.29, 1.82) is 0 Å². The fourth-order valence-corrected chi connectivity index (χ4v) is 7.60. The average molecular weight is 557 g/mol. The molecule has 2 aromatic heterocycles. The van der Waals surface area contributed by atoms with Gasteiger partial charge >= 0.3 is 0 Å². The van der Waals surface area contributed by atoms with Crippen LogP contribution >= 0.6 is 0 Å². The molecule has 218 valence electrons. The number of carbonyl (C=O) groups is 1. The van der Waals surface area contributed by atoms with E-state index in [1.807, 2.05) is 30.9 Å². The Bertz CT molecular complexity index is 1370. The quantitative estimate of drug-likeness (QED) is 0.282. The topological polar surface area (TPSA) is 81.4 Å². The fraction of sp³-hybridized carbons (Fsp3) is 0.588. The van der Waals surface area contributed by atoms with E-state index in [1.165, 1.54) is 17.5 Å². The second-order valence-electron chi connectivity index (χ2n) is 13.2. The monoisotopic (exact) mass is 556 g/mol. The number of anilines is 1. The largest absolute Gasteiger partial charge is 0.496 e. The molecule has 4 saturated carbocycles. The molecule has 3 aromatic rings. The first-order chi connectivity index (χ1) is 19.8. The number of hydrogen-bond donors (Lipinski definition) is 0. The van der Waals surface area contributed by atoms with Crippen molar-refractivity contribution in [3.8, 4) is 17.2 Å². The number of pyridine rings is 1. The maximum absolute atomic E-state index is 14.2. The number of ether oxygens (including phenoxy) is 1. The highest BCUT2D eigenvalue weighted by Crippen LogP contribution is 2.58. The van der Waals surface area contributed by atoms with Crippen molar-refractivity contribution in [3.63, 3.8) is 0 Å². The minimum atomic E-state index is 0.0788. The summed E-state index contributed by atoms with van der Waals surface area (Å²) >= 11 is 0. The smallest absolute Gasteiger partial charge is 0.247 e. The molecule has 7 rings (SSSR count). The van der Waals surface area contributed by atoms with Crippen LogP contribution in [0.3, 0.4) is 0 Å². The van der Waals surface area contributed by atoms with Crippen LogP contribution in [0.2, 0.25) is 0 Å². The number of carbonyl (C=O) groups excluding carboxylic acids is 1. The number of benzene rings is 1. The lowest BCUT2D eigenvalue weighted by Crippen LogP contribution is -2.51.